The number of nitrogens with zero attached hydrogens (tertiary/aromatic N) is 1. The van der Waals surface area contributed by atoms with Gasteiger partial charge < -0.3 is 4.74 Å². The Morgan fingerprint density at radius 1 is 1.53 bits per heavy atom. The maximum absolute atomic E-state index is 11.8. The first-order chi connectivity index (χ1) is 8.18. The van der Waals surface area contributed by atoms with Gasteiger partial charge in [-0.05, 0) is 12.5 Å². The zero-order chi connectivity index (χ0) is 12.7. The summed E-state index contributed by atoms with van der Waals surface area (Å²) in [7, 11) is 0. The van der Waals surface area contributed by atoms with Crippen LogP contribution in [0.5, 0.6) is 0 Å². The summed E-state index contributed by atoms with van der Waals surface area (Å²) in [4.78, 5) is 11.8. The molecule has 0 heterocycles. The second-order valence-electron chi connectivity index (χ2n) is 3.67. The molecule has 1 aromatic rings. The van der Waals surface area contributed by atoms with Crippen LogP contribution in [0.15, 0.2) is 43.0 Å². The molecular formula is C14H15NO2. The average molecular weight is 229 g/mol. The van der Waals surface area contributed by atoms with E-state index in [0.29, 0.717) is 0 Å². The quantitative estimate of drug-likeness (QED) is 0.575. The van der Waals surface area contributed by atoms with Gasteiger partial charge >= 0.3 is 5.97 Å². The van der Waals surface area contributed by atoms with Crippen molar-refractivity contribution in [1.82, 2.24) is 0 Å². The molecular weight excluding hydrogens is 214 g/mol. The van der Waals surface area contributed by atoms with E-state index in [-0.39, 0.29) is 13.0 Å². The number of carbonyl (C=O) groups is 1. The van der Waals surface area contributed by atoms with Crippen molar-refractivity contribution in [2.75, 3.05) is 6.61 Å². The van der Waals surface area contributed by atoms with Gasteiger partial charge in [0.2, 0.25) is 0 Å². The number of esters is 1. The minimum absolute atomic E-state index is 0.255. The van der Waals surface area contributed by atoms with Gasteiger partial charge in [0.1, 0.15) is 0 Å². The summed E-state index contributed by atoms with van der Waals surface area (Å²) in [6, 6.07) is 11.4. The smallest absolute Gasteiger partial charge is 0.330 e. The minimum atomic E-state index is -1.29. The van der Waals surface area contributed by atoms with E-state index in [1.807, 2.05) is 36.4 Å². The number of ether oxygens (including phenoxy) is 1. The Morgan fingerprint density at radius 2 is 2.18 bits per heavy atom. The lowest BCUT2D eigenvalue weighted by atomic mass is 9.83. The Morgan fingerprint density at radius 3 is 2.65 bits per heavy atom. The molecule has 3 heteroatoms. The van der Waals surface area contributed by atoms with Gasteiger partial charge in [-0.25, -0.2) is 4.79 Å². The van der Waals surface area contributed by atoms with E-state index < -0.39 is 11.4 Å². The maximum atomic E-state index is 11.8. The third-order valence-electron chi connectivity index (χ3n) is 2.51. The molecule has 0 aliphatic heterocycles. The molecule has 3 nitrogen and oxygen atoms in total. The van der Waals surface area contributed by atoms with Crippen molar-refractivity contribution in [3.05, 3.63) is 48.6 Å². The Bertz CT molecular complexity index is 433. The lowest BCUT2D eigenvalue weighted by molar-refractivity contribution is -0.149. The normalized spacial score (nSPS) is 13.2. The van der Waals surface area contributed by atoms with Gasteiger partial charge in [-0.15, -0.1) is 6.58 Å². The van der Waals surface area contributed by atoms with Crippen LogP contribution in [0.4, 0.5) is 0 Å². The second kappa shape index (κ2) is 5.86. The van der Waals surface area contributed by atoms with E-state index in [1.165, 1.54) is 6.08 Å². The van der Waals surface area contributed by atoms with Crippen molar-refractivity contribution in [1.29, 1.82) is 5.26 Å². The number of hydrogen-bond donors (Lipinski definition) is 0. The molecule has 88 valence electrons. The summed E-state index contributed by atoms with van der Waals surface area (Å²) in [6.07, 6.45) is 1.64. The van der Waals surface area contributed by atoms with Crippen LogP contribution >= 0.6 is 0 Å². The number of carbonyl (C=O) groups excluding carboxylic acids is 1. The molecule has 1 unspecified atom stereocenters. The topological polar surface area (TPSA) is 50.1 Å². The van der Waals surface area contributed by atoms with Crippen LogP contribution in [0.3, 0.4) is 0 Å². The van der Waals surface area contributed by atoms with E-state index >= 15 is 0 Å². The van der Waals surface area contributed by atoms with Gasteiger partial charge in [0, 0.05) is 6.42 Å². The van der Waals surface area contributed by atoms with E-state index in [4.69, 9.17) is 4.74 Å². The third-order valence-corrected chi connectivity index (χ3v) is 2.51. The summed E-state index contributed by atoms with van der Waals surface area (Å²) >= 11 is 0. The van der Waals surface area contributed by atoms with Crippen LogP contribution in [0, 0.1) is 16.7 Å². The predicted octanol–water partition coefficient (Wildman–Crippen LogP) is 2.49. The highest BCUT2D eigenvalue weighted by molar-refractivity contribution is 5.82. The monoisotopic (exact) mass is 229 g/mol. The molecule has 0 amide bonds. The zero-order valence-corrected chi connectivity index (χ0v) is 9.85. The van der Waals surface area contributed by atoms with Crippen LogP contribution in [0.1, 0.15) is 12.5 Å². The number of hydrogen-bond acceptors (Lipinski definition) is 3. The molecule has 0 radical (unpaired) electrons. The standard InChI is InChI=1S/C14H15NO2/c1-3-14(11-15,13(16)17-4-2)10-12-8-6-5-7-9-12/h3,5-9H,1,4,10H2,2H3. The molecule has 0 aliphatic carbocycles. The molecule has 0 spiro atoms. The first-order valence-electron chi connectivity index (χ1n) is 5.44. The number of benzene rings is 1. The molecule has 0 N–H and O–H groups in total. The number of rotatable bonds is 5. The van der Waals surface area contributed by atoms with Crippen molar-refractivity contribution in [3.8, 4) is 6.07 Å². The molecule has 0 fully saturated rings. The summed E-state index contributed by atoms with van der Waals surface area (Å²) in [5.74, 6) is -0.540. The maximum Gasteiger partial charge on any atom is 0.330 e. The molecule has 1 atom stereocenters. The van der Waals surface area contributed by atoms with Crippen molar-refractivity contribution in [2.24, 2.45) is 5.41 Å². The molecule has 1 aromatic carbocycles. The molecule has 17 heavy (non-hydrogen) atoms. The van der Waals surface area contributed by atoms with Crippen molar-refractivity contribution >= 4 is 5.97 Å². The van der Waals surface area contributed by atoms with Crippen LogP contribution in [-0.4, -0.2) is 12.6 Å². The van der Waals surface area contributed by atoms with Crippen molar-refractivity contribution < 1.29 is 9.53 Å². The highest BCUT2D eigenvalue weighted by Crippen LogP contribution is 2.25. The van der Waals surface area contributed by atoms with Crippen molar-refractivity contribution in [3.63, 3.8) is 0 Å². The lowest BCUT2D eigenvalue weighted by Crippen LogP contribution is -2.31. The SMILES string of the molecule is C=CC(C#N)(Cc1ccccc1)C(=O)OCC. The Labute approximate surface area is 101 Å². The number of nitriles is 1. The highest BCUT2D eigenvalue weighted by Gasteiger charge is 2.37. The molecule has 0 bridgehead atoms. The van der Waals surface area contributed by atoms with E-state index in [1.54, 1.807) is 6.92 Å². The largest absolute Gasteiger partial charge is 0.465 e. The summed E-state index contributed by atoms with van der Waals surface area (Å²) < 4.78 is 4.93. The predicted molar refractivity (Wildman–Crippen MR) is 65.0 cm³/mol. The lowest BCUT2D eigenvalue weighted by Gasteiger charge is -2.20. The Kier molecular flexibility index (Phi) is 4.47. The fourth-order valence-electron chi connectivity index (χ4n) is 1.54. The summed E-state index contributed by atoms with van der Waals surface area (Å²) in [5.41, 5.74) is -0.390. The molecule has 0 saturated heterocycles. The first kappa shape index (κ1) is 13.0. The second-order valence-corrected chi connectivity index (χ2v) is 3.67. The molecule has 0 aliphatic rings. The van der Waals surface area contributed by atoms with Crippen LogP contribution < -0.4 is 0 Å². The van der Waals surface area contributed by atoms with Gasteiger partial charge in [0.15, 0.2) is 5.41 Å². The summed E-state index contributed by atoms with van der Waals surface area (Å²) in [5, 5.41) is 9.21. The third kappa shape index (κ3) is 2.94. The van der Waals surface area contributed by atoms with Gasteiger partial charge in [-0.3, -0.25) is 0 Å². The van der Waals surface area contributed by atoms with E-state index in [2.05, 4.69) is 6.58 Å². The van der Waals surface area contributed by atoms with Crippen LogP contribution in [-0.2, 0) is 16.0 Å². The molecule has 1 rings (SSSR count). The fraction of sp³-hybridized carbons (Fsp3) is 0.286. The van der Waals surface area contributed by atoms with Gasteiger partial charge in [-0.2, -0.15) is 5.26 Å². The highest BCUT2D eigenvalue weighted by atomic mass is 16.5. The van der Waals surface area contributed by atoms with Gasteiger partial charge in [0.25, 0.3) is 0 Å². The van der Waals surface area contributed by atoms with Crippen LogP contribution in [0.2, 0.25) is 0 Å². The van der Waals surface area contributed by atoms with Gasteiger partial charge in [-0.1, -0.05) is 36.4 Å². The summed E-state index contributed by atoms with van der Waals surface area (Å²) in [6.45, 7) is 5.55. The minimum Gasteiger partial charge on any atom is -0.465 e. The van der Waals surface area contributed by atoms with Gasteiger partial charge in [0.05, 0.1) is 12.7 Å². The molecule has 0 saturated carbocycles. The Balaban J connectivity index is 2.98. The zero-order valence-electron chi connectivity index (χ0n) is 9.85. The van der Waals surface area contributed by atoms with E-state index in [0.717, 1.165) is 5.56 Å². The van der Waals surface area contributed by atoms with Crippen LogP contribution in [0.25, 0.3) is 0 Å². The van der Waals surface area contributed by atoms with E-state index in [9.17, 15) is 10.1 Å². The van der Waals surface area contributed by atoms with Crippen molar-refractivity contribution in [2.45, 2.75) is 13.3 Å². The molecule has 0 aromatic heterocycles. The fourth-order valence-corrected chi connectivity index (χ4v) is 1.54. The average Bonchev–Trinajstić information content (AvgIpc) is 2.37. The Hall–Kier alpha value is -2.08. The first-order valence-corrected chi connectivity index (χ1v) is 5.44.